The van der Waals surface area contributed by atoms with Gasteiger partial charge in [-0.1, -0.05) is 170 Å². The van der Waals surface area contributed by atoms with Gasteiger partial charge in [0.05, 0.1) is 22.4 Å². The average Bonchev–Trinajstić information content (AvgIpc) is 3.62. The lowest BCUT2D eigenvalue weighted by atomic mass is 9.93. The van der Waals surface area contributed by atoms with E-state index in [1.165, 1.54) is 93.5 Å². The number of allylic oxidation sites excluding steroid dienone is 3. The number of anilines is 2. The van der Waals surface area contributed by atoms with Crippen molar-refractivity contribution in [2.24, 2.45) is 0 Å². The Morgan fingerprint density at radius 1 is 0.411 bits per heavy atom. The first-order valence-corrected chi connectivity index (χ1v) is 19.6. The quantitative estimate of drug-likeness (QED) is 0.156. The summed E-state index contributed by atoms with van der Waals surface area (Å²) in [6.45, 7) is 0. The minimum Gasteiger partial charge on any atom is -0.310 e. The summed E-state index contributed by atoms with van der Waals surface area (Å²) in [6.07, 6.45) is 6.86. The van der Waals surface area contributed by atoms with Crippen LogP contribution in [0.2, 0.25) is 0 Å². The number of hydrogen-bond donors (Lipinski definition) is 0. The predicted octanol–water partition coefficient (Wildman–Crippen LogP) is 14.8. The van der Waals surface area contributed by atoms with Gasteiger partial charge in [0.15, 0.2) is 0 Å². The van der Waals surface area contributed by atoms with Crippen LogP contribution in [0.5, 0.6) is 0 Å². The zero-order valence-corrected chi connectivity index (χ0v) is 30.9. The summed E-state index contributed by atoms with van der Waals surface area (Å²) in [7, 11) is 0. The van der Waals surface area contributed by atoms with E-state index in [9.17, 15) is 0 Å². The molecule has 2 heteroatoms. The number of aromatic nitrogens is 1. The largest absolute Gasteiger partial charge is 0.310 e. The van der Waals surface area contributed by atoms with Crippen molar-refractivity contribution in [3.63, 3.8) is 0 Å². The van der Waals surface area contributed by atoms with Crippen molar-refractivity contribution in [2.45, 2.75) is 12.8 Å². The van der Waals surface area contributed by atoms with Crippen LogP contribution in [0.25, 0.3) is 76.5 Å². The Bertz CT molecular complexity index is 3180. The molecule has 0 bridgehead atoms. The molecule has 1 heterocycles. The molecule has 0 N–H and O–H groups in total. The van der Waals surface area contributed by atoms with E-state index in [0.717, 1.165) is 18.5 Å². The predicted molar refractivity (Wildman–Crippen MR) is 239 cm³/mol. The lowest BCUT2D eigenvalue weighted by Crippen LogP contribution is -2.19. The van der Waals surface area contributed by atoms with Crippen LogP contribution in [0.15, 0.2) is 212 Å². The van der Waals surface area contributed by atoms with E-state index in [1.807, 2.05) is 0 Å². The maximum absolute atomic E-state index is 2.50. The van der Waals surface area contributed by atoms with Crippen LogP contribution in [0.1, 0.15) is 18.4 Å². The lowest BCUT2D eigenvalue weighted by molar-refractivity contribution is 1.01. The Balaban J connectivity index is 1.10. The first kappa shape index (κ1) is 32.3. The van der Waals surface area contributed by atoms with Gasteiger partial charge in [-0.2, -0.15) is 0 Å². The van der Waals surface area contributed by atoms with Gasteiger partial charge >= 0.3 is 0 Å². The molecule has 0 atom stereocenters. The average molecular weight is 715 g/mol. The van der Waals surface area contributed by atoms with Crippen LogP contribution < -0.4 is 4.90 Å². The Morgan fingerprint density at radius 2 is 1.05 bits per heavy atom. The number of fused-ring (bicyclic) bond motifs is 8. The standard InChI is InChI=1S/C54H38N2/c1-2-16-37(17-3-1)43-21-10-13-27-49(43)55(53-36-40-19-5-6-20-42(40)46-24-8-9-25-47(46)53)41-33-30-39(31-34-41)44-22-11-14-28-50(44)56-51-29-15-12-26-48(51)54-45-23-7-4-18-38(45)32-35-52(54)56/h1-9,11-12,14-36H,10,13H2. The third-order valence-corrected chi connectivity index (χ3v) is 11.6. The Labute approximate surface area is 326 Å². The third-order valence-electron chi connectivity index (χ3n) is 11.6. The van der Waals surface area contributed by atoms with Crippen molar-refractivity contribution in [3.05, 3.63) is 218 Å². The highest BCUT2D eigenvalue weighted by Crippen LogP contribution is 2.45. The zero-order valence-electron chi connectivity index (χ0n) is 30.9. The summed E-state index contributed by atoms with van der Waals surface area (Å²) in [5.74, 6) is 0. The fraction of sp³-hybridized carbons (Fsp3) is 0.0370. The van der Waals surface area contributed by atoms with Crippen LogP contribution in [0, 0.1) is 0 Å². The maximum atomic E-state index is 2.50. The molecule has 9 aromatic carbocycles. The molecule has 0 fully saturated rings. The molecule has 11 rings (SSSR count). The molecule has 0 saturated carbocycles. The van der Waals surface area contributed by atoms with Crippen molar-refractivity contribution in [3.8, 4) is 16.8 Å². The molecule has 1 aliphatic rings. The molecule has 56 heavy (non-hydrogen) atoms. The van der Waals surface area contributed by atoms with Gasteiger partial charge in [-0.05, 0) is 87.3 Å². The Morgan fingerprint density at radius 3 is 1.89 bits per heavy atom. The van der Waals surface area contributed by atoms with E-state index in [1.54, 1.807) is 0 Å². The molecular formula is C54H38N2. The molecule has 10 aromatic rings. The lowest BCUT2D eigenvalue weighted by Gasteiger charge is -2.33. The smallest absolute Gasteiger partial charge is 0.0547 e. The van der Waals surface area contributed by atoms with Gasteiger partial charge in [0, 0.05) is 38.7 Å². The van der Waals surface area contributed by atoms with Gasteiger partial charge in [-0.3, -0.25) is 0 Å². The molecule has 0 spiro atoms. The minimum absolute atomic E-state index is 0.993. The maximum Gasteiger partial charge on any atom is 0.0547 e. The van der Waals surface area contributed by atoms with Crippen LogP contribution in [0.3, 0.4) is 0 Å². The number of hydrogen-bond acceptors (Lipinski definition) is 1. The number of nitrogens with zero attached hydrogens (tertiary/aromatic N) is 2. The summed E-state index contributed by atoms with van der Waals surface area (Å²) in [4.78, 5) is 2.50. The molecule has 0 unspecified atom stereocenters. The minimum atomic E-state index is 0.993. The first-order chi connectivity index (χ1) is 27.8. The van der Waals surface area contributed by atoms with Crippen molar-refractivity contribution in [1.29, 1.82) is 0 Å². The Hall–Kier alpha value is -7.16. The van der Waals surface area contributed by atoms with E-state index < -0.39 is 0 Å². The topological polar surface area (TPSA) is 8.17 Å². The van der Waals surface area contributed by atoms with Crippen molar-refractivity contribution < 1.29 is 0 Å². The number of benzene rings is 9. The second-order valence-corrected chi connectivity index (χ2v) is 14.7. The summed E-state index contributed by atoms with van der Waals surface area (Å²) in [5, 5.41) is 10.1. The molecule has 2 nitrogen and oxygen atoms in total. The number of para-hydroxylation sites is 2. The van der Waals surface area contributed by atoms with Gasteiger partial charge in [0.2, 0.25) is 0 Å². The van der Waals surface area contributed by atoms with E-state index >= 15 is 0 Å². The van der Waals surface area contributed by atoms with Gasteiger partial charge in [-0.15, -0.1) is 0 Å². The van der Waals surface area contributed by atoms with Crippen molar-refractivity contribution in [2.75, 3.05) is 4.90 Å². The van der Waals surface area contributed by atoms with Gasteiger partial charge in [-0.25, -0.2) is 0 Å². The van der Waals surface area contributed by atoms with E-state index in [4.69, 9.17) is 0 Å². The highest BCUT2D eigenvalue weighted by atomic mass is 15.2. The second kappa shape index (κ2) is 13.3. The Kier molecular flexibility index (Phi) is 7.67. The highest BCUT2D eigenvalue weighted by Gasteiger charge is 2.24. The zero-order chi connectivity index (χ0) is 37.0. The van der Waals surface area contributed by atoms with E-state index in [2.05, 4.69) is 216 Å². The van der Waals surface area contributed by atoms with Gasteiger partial charge < -0.3 is 9.47 Å². The van der Waals surface area contributed by atoms with E-state index in [-0.39, 0.29) is 0 Å². The summed E-state index contributed by atoms with van der Waals surface area (Å²) in [6, 6.07) is 71.1. The normalized spacial score (nSPS) is 13.1. The molecule has 0 saturated heterocycles. The molecule has 1 aliphatic carbocycles. The fourth-order valence-electron chi connectivity index (χ4n) is 9.09. The van der Waals surface area contributed by atoms with E-state index in [0.29, 0.717) is 0 Å². The van der Waals surface area contributed by atoms with Crippen molar-refractivity contribution >= 4 is 71.1 Å². The van der Waals surface area contributed by atoms with Crippen LogP contribution in [0.4, 0.5) is 11.4 Å². The first-order valence-electron chi connectivity index (χ1n) is 19.6. The second-order valence-electron chi connectivity index (χ2n) is 14.7. The van der Waals surface area contributed by atoms with Gasteiger partial charge in [0.25, 0.3) is 0 Å². The molecule has 264 valence electrons. The molecule has 0 amide bonds. The third kappa shape index (κ3) is 5.18. The molecular weight excluding hydrogens is 677 g/mol. The molecule has 1 aromatic heterocycles. The summed E-state index contributed by atoms with van der Waals surface area (Å²) in [5.41, 5.74) is 12.0. The van der Waals surface area contributed by atoms with Crippen LogP contribution in [-0.4, -0.2) is 4.57 Å². The fourth-order valence-corrected chi connectivity index (χ4v) is 9.09. The SMILES string of the molecule is C1=C(c2ccccc2)C(N(c2ccc(-c3ccccc3-n3c4ccccc4c4c5ccccc5ccc43)cc2)c2cc3ccccc3c3ccccc23)=CCC1. The summed E-state index contributed by atoms with van der Waals surface area (Å²) >= 11 is 0. The highest BCUT2D eigenvalue weighted by molar-refractivity contribution is 6.21. The van der Waals surface area contributed by atoms with Crippen LogP contribution in [-0.2, 0) is 0 Å². The van der Waals surface area contributed by atoms with Crippen LogP contribution >= 0.6 is 0 Å². The summed E-state index contributed by atoms with van der Waals surface area (Å²) < 4.78 is 2.46. The molecule has 0 aliphatic heterocycles. The van der Waals surface area contributed by atoms with Gasteiger partial charge in [0.1, 0.15) is 0 Å². The number of rotatable bonds is 6. The van der Waals surface area contributed by atoms with Crippen molar-refractivity contribution in [1.82, 2.24) is 4.57 Å². The monoisotopic (exact) mass is 714 g/mol. The molecule has 0 radical (unpaired) electrons.